The number of amidine groups is 1. The molecule has 0 spiro atoms. The maximum absolute atomic E-state index is 12.4. The number of hydrogen-bond donors (Lipinski definition) is 2. The first-order chi connectivity index (χ1) is 13.5. The maximum atomic E-state index is 12.4. The Hall–Kier alpha value is -3.00. The van der Waals surface area contributed by atoms with Crippen LogP contribution in [0.4, 0.5) is 11.4 Å². The fourth-order valence-electron chi connectivity index (χ4n) is 2.70. The topological polar surface area (TPSA) is 89.0 Å². The Kier molecular flexibility index (Phi) is 6.20. The summed E-state index contributed by atoms with van der Waals surface area (Å²) in [4.78, 5) is 29.0. The van der Waals surface area contributed by atoms with Crippen molar-refractivity contribution in [2.45, 2.75) is 18.6 Å². The number of rotatable bonds is 6. The van der Waals surface area contributed by atoms with Gasteiger partial charge in [-0.2, -0.15) is 0 Å². The standard InChI is InChI=1S/C20H21N3O4S/c1-12-5-4-6-13(9-12)22-20-23-19(25)17(28-20)11-18(24)21-14-7-8-15(26-2)16(10-14)27-3/h4-10,17H,11H2,1-3H3,(H,21,24)(H,22,23,25)/t17-/m1/s1. The Balaban J connectivity index is 1.62. The lowest BCUT2D eigenvalue weighted by Gasteiger charge is -2.11. The van der Waals surface area contributed by atoms with Crippen molar-refractivity contribution in [1.29, 1.82) is 0 Å². The first kappa shape index (κ1) is 19.8. The lowest BCUT2D eigenvalue weighted by molar-refractivity contribution is -0.122. The third-order valence-corrected chi connectivity index (χ3v) is 5.13. The molecule has 2 N–H and O–H groups in total. The number of methoxy groups -OCH3 is 2. The normalized spacial score (nSPS) is 17.3. The Morgan fingerprint density at radius 1 is 1.18 bits per heavy atom. The van der Waals surface area contributed by atoms with Gasteiger partial charge in [0, 0.05) is 18.2 Å². The second-order valence-electron chi connectivity index (χ2n) is 6.17. The molecule has 0 aromatic heterocycles. The van der Waals surface area contributed by atoms with E-state index in [0.29, 0.717) is 22.4 Å². The van der Waals surface area contributed by atoms with Crippen molar-refractivity contribution in [2.24, 2.45) is 4.99 Å². The Bertz CT molecular complexity index is 929. The maximum Gasteiger partial charge on any atom is 0.240 e. The van der Waals surface area contributed by atoms with Gasteiger partial charge in [0.2, 0.25) is 11.8 Å². The number of benzene rings is 2. The van der Waals surface area contributed by atoms with E-state index in [0.717, 1.165) is 11.3 Å². The molecule has 0 aliphatic carbocycles. The highest BCUT2D eigenvalue weighted by Crippen LogP contribution is 2.30. The summed E-state index contributed by atoms with van der Waals surface area (Å²) in [5.41, 5.74) is 2.42. The molecule has 1 heterocycles. The summed E-state index contributed by atoms with van der Waals surface area (Å²) in [5.74, 6) is 0.597. The van der Waals surface area contributed by atoms with Crippen LogP contribution < -0.4 is 20.1 Å². The summed E-state index contributed by atoms with van der Waals surface area (Å²) < 4.78 is 10.4. The van der Waals surface area contributed by atoms with Crippen LogP contribution in [0.1, 0.15) is 12.0 Å². The van der Waals surface area contributed by atoms with E-state index in [1.165, 1.54) is 18.9 Å². The van der Waals surface area contributed by atoms with Crippen molar-refractivity contribution in [1.82, 2.24) is 5.32 Å². The second kappa shape index (κ2) is 8.79. The molecule has 0 radical (unpaired) electrons. The number of thioether (sulfide) groups is 1. The zero-order valence-electron chi connectivity index (χ0n) is 15.8. The van der Waals surface area contributed by atoms with Gasteiger partial charge in [0.05, 0.1) is 19.9 Å². The number of nitrogens with one attached hydrogen (secondary N) is 2. The molecule has 2 aromatic carbocycles. The van der Waals surface area contributed by atoms with Gasteiger partial charge < -0.3 is 20.1 Å². The van der Waals surface area contributed by atoms with Crippen LogP contribution in [0.25, 0.3) is 0 Å². The molecule has 2 aromatic rings. The van der Waals surface area contributed by atoms with Crippen LogP contribution in [0.2, 0.25) is 0 Å². The molecule has 1 atom stereocenters. The molecule has 0 saturated carbocycles. The minimum atomic E-state index is -0.524. The SMILES string of the molecule is COc1ccc(NC(=O)C[C@H]2SC(=Nc3cccc(C)c3)NC2=O)cc1OC. The minimum absolute atomic E-state index is 0.0394. The van der Waals surface area contributed by atoms with Crippen LogP contribution in [0, 0.1) is 6.92 Å². The predicted octanol–water partition coefficient (Wildman–Crippen LogP) is 3.26. The van der Waals surface area contributed by atoms with Gasteiger partial charge in [-0.15, -0.1) is 0 Å². The van der Waals surface area contributed by atoms with E-state index in [1.807, 2.05) is 31.2 Å². The third kappa shape index (κ3) is 4.83. The number of amides is 2. The summed E-state index contributed by atoms with van der Waals surface area (Å²) in [6.07, 6.45) is 0.0394. The number of carbonyl (C=O) groups is 2. The van der Waals surface area contributed by atoms with Crippen molar-refractivity contribution in [3.05, 3.63) is 48.0 Å². The average Bonchev–Trinajstić information content (AvgIpc) is 3.00. The lowest BCUT2D eigenvalue weighted by atomic mass is 10.2. The molecule has 0 bridgehead atoms. The van der Waals surface area contributed by atoms with Crippen LogP contribution in [0.15, 0.2) is 47.5 Å². The monoisotopic (exact) mass is 399 g/mol. The fourth-order valence-corrected chi connectivity index (χ4v) is 3.69. The molecule has 1 fully saturated rings. The van der Waals surface area contributed by atoms with Crippen LogP contribution >= 0.6 is 11.8 Å². The Morgan fingerprint density at radius 2 is 1.96 bits per heavy atom. The van der Waals surface area contributed by atoms with Crippen molar-refractivity contribution in [3.63, 3.8) is 0 Å². The van der Waals surface area contributed by atoms with Crippen LogP contribution in [0.3, 0.4) is 0 Å². The van der Waals surface area contributed by atoms with Gasteiger partial charge in [-0.25, -0.2) is 4.99 Å². The van der Waals surface area contributed by atoms with E-state index < -0.39 is 5.25 Å². The molecule has 1 aliphatic rings. The van der Waals surface area contributed by atoms with Crippen molar-refractivity contribution in [3.8, 4) is 11.5 Å². The summed E-state index contributed by atoms with van der Waals surface area (Å²) in [6, 6.07) is 12.8. The molecular formula is C20H21N3O4S. The number of aliphatic imine (C=N–C) groups is 1. The second-order valence-corrected chi connectivity index (χ2v) is 7.37. The fraction of sp³-hybridized carbons (Fsp3) is 0.250. The van der Waals surface area contributed by atoms with Gasteiger partial charge in [-0.1, -0.05) is 23.9 Å². The summed E-state index contributed by atoms with van der Waals surface area (Å²) >= 11 is 1.26. The number of hydrogen-bond acceptors (Lipinski definition) is 6. The number of nitrogens with zero attached hydrogens (tertiary/aromatic N) is 1. The lowest BCUT2D eigenvalue weighted by Crippen LogP contribution is -2.28. The van der Waals surface area contributed by atoms with E-state index in [1.54, 1.807) is 25.3 Å². The van der Waals surface area contributed by atoms with Gasteiger partial charge >= 0.3 is 0 Å². The molecule has 3 rings (SSSR count). The van der Waals surface area contributed by atoms with Crippen LogP contribution in [0.5, 0.6) is 11.5 Å². The van der Waals surface area contributed by atoms with Gasteiger partial charge in [0.1, 0.15) is 5.25 Å². The van der Waals surface area contributed by atoms with Crippen molar-refractivity contribution < 1.29 is 19.1 Å². The molecule has 28 heavy (non-hydrogen) atoms. The molecule has 1 aliphatic heterocycles. The van der Waals surface area contributed by atoms with E-state index >= 15 is 0 Å². The zero-order valence-corrected chi connectivity index (χ0v) is 16.6. The average molecular weight is 399 g/mol. The highest BCUT2D eigenvalue weighted by molar-refractivity contribution is 8.15. The molecule has 8 heteroatoms. The smallest absolute Gasteiger partial charge is 0.240 e. The number of anilines is 1. The molecule has 0 unspecified atom stereocenters. The summed E-state index contributed by atoms with van der Waals surface area (Å²) in [7, 11) is 3.07. The highest BCUT2D eigenvalue weighted by atomic mass is 32.2. The number of ether oxygens (including phenoxy) is 2. The predicted molar refractivity (Wildman–Crippen MR) is 111 cm³/mol. The zero-order chi connectivity index (χ0) is 20.1. The van der Waals surface area contributed by atoms with Gasteiger partial charge in [0.25, 0.3) is 0 Å². The van der Waals surface area contributed by atoms with Crippen molar-refractivity contribution in [2.75, 3.05) is 19.5 Å². The summed E-state index contributed by atoms with van der Waals surface area (Å²) in [5, 5.41) is 5.49. The first-order valence-electron chi connectivity index (χ1n) is 8.63. The molecule has 7 nitrogen and oxygen atoms in total. The number of carbonyl (C=O) groups excluding carboxylic acids is 2. The largest absolute Gasteiger partial charge is 0.493 e. The third-order valence-electron chi connectivity index (χ3n) is 4.05. The molecule has 2 amide bonds. The Morgan fingerprint density at radius 3 is 2.68 bits per heavy atom. The van der Waals surface area contributed by atoms with E-state index in [-0.39, 0.29) is 18.2 Å². The minimum Gasteiger partial charge on any atom is -0.493 e. The van der Waals surface area contributed by atoms with Gasteiger partial charge in [0.15, 0.2) is 16.7 Å². The quantitative estimate of drug-likeness (QED) is 0.778. The molecule has 1 saturated heterocycles. The van der Waals surface area contributed by atoms with Gasteiger partial charge in [-0.05, 0) is 36.8 Å². The Labute approximate surface area is 167 Å². The van der Waals surface area contributed by atoms with Crippen molar-refractivity contribution >= 4 is 40.1 Å². The van der Waals surface area contributed by atoms with E-state index in [4.69, 9.17) is 9.47 Å². The summed E-state index contributed by atoms with van der Waals surface area (Å²) in [6.45, 7) is 1.98. The van der Waals surface area contributed by atoms with E-state index in [9.17, 15) is 9.59 Å². The van der Waals surface area contributed by atoms with Gasteiger partial charge in [-0.3, -0.25) is 9.59 Å². The molecular weight excluding hydrogens is 378 g/mol. The van der Waals surface area contributed by atoms with Crippen LogP contribution in [-0.2, 0) is 9.59 Å². The first-order valence-corrected chi connectivity index (χ1v) is 9.51. The van der Waals surface area contributed by atoms with E-state index in [2.05, 4.69) is 15.6 Å². The van der Waals surface area contributed by atoms with Crippen LogP contribution in [-0.4, -0.2) is 36.5 Å². The number of aryl methyl sites for hydroxylation is 1. The highest BCUT2D eigenvalue weighted by Gasteiger charge is 2.32. The molecule has 146 valence electrons.